The molecule has 270 valence electrons. The molecule has 0 radical (unpaired) electrons. The Balaban J connectivity index is 0.952. The molecule has 0 aliphatic carbocycles. The zero-order chi connectivity index (χ0) is 38.2. The summed E-state index contributed by atoms with van der Waals surface area (Å²) in [6.45, 7) is 0. The van der Waals surface area contributed by atoms with E-state index in [4.69, 9.17) is 24.4 Å². The van der Waals surface area contributed by atoms with Crippen LogP contribution in [0.25, 0.3) is 120 Å². The Hall–Kier alpha value is -7.54. The maximum atomic E-state index is 6.72. The normalized spacial score (nSPS) is 11.8. The van der Waals surface area contributed by atoms with Gasteiger partial charge in [-0.15, -0.1) is 11.3 Å². The van der Waals surface area contributed by atoms with Gasteiger partial charge in [-0.25, -0.2) is 19.9 Å². The SMILES string of the molecule is c1ccc(-c2nc(-c3ccc(-c4ccc5oc6c(ccc7c(-c8ccccc8)nc8ccccc8c76)c5c4)cc3)nc(-c3ccc4c(c3)sc3ccccc34)n2)cc1. The molecular weight excluding hydrogens is 729 g/mol. The number of nitrogens with zero attached hydrogens (tertiary/aromatic N) is 4. The second kappa shape index (κ2) is 13.0. The maximum Gasteiger partial charge on any atom is 0.164 e. The van der Waals surface area contributed by atoms with Gasteiger partial charge >= 0.3 is 0 Å². The molecule has 58 heavy (non-hydrogen) atoms. The van der Waals surface area contributed by atoms with Gasteiger partial charge in [0.05, 0.1) is 11.2 Å². The highest BCUT2D eigenvalue weighted by molar-refractivity contribution is 7.25. The molecule has 0 bridgehead atoms. The highest BCUT2D eigenvalue weighted by Crippen LogP contribution is 2.42. The minimum Gasteiger partial charge on any atom is -0.455 e. The van der Waals surface area contributed by atoms with Gasteiger partial charge in [-0.3, -0.25) is 0 Å². The molecule has 8 aromatic carbocycles. The monoisotopic (exact) mass is 758 g/mol. The molecule has 0 fully saturated rings. The van der Waals surface area contributed by atoms with Crippen molar-refractivity contribution < 1.29 is 4.42 Å². The van der Waals surface area contributed by atoms with Gasteiger partial charge in [-0.2, -0.15) is 0 Å². The van der Waals surface area contributed by atoms with Crippen molar-refractivity contribution in [3.05, 3.63) is 182 Å². The highest BCUT2D eigenvalue weighted by atomic mass is 32.1. The predicted octanol–water partition coefficient (Wildman–Crippen LogP) is 14.2. The molecule has 5 nitrogen and oxygen atoms in total. The summed E-state index contributed by atoms with van der Waals surface area (Å²) in [7, 11) is 0. The van der Waals surface area contributed by atoms with E-state index >= 15 is 0 Å². The van der Waals surface area contributed by atoms with Crippen LogP contribution in [0.2, 0.25) is 0 Å². The summed E-state index contributed by atoms with van der Waals surface area (Å²) in [4.78, 5) is 20.2. The third-order valence-corrected chi connectivity index (χ3v) is 12.3. The molecule has 0 atom stereocenters. The fourth-order valence-electron chi connectivity index (χ4n) is 8.29. The fourth-order valence-corrected chi connectivity index (χ4v) is 9.44. The van der Waals surface area contributed by atoms with Crippen molar-refractivity contribution in [1.29, 1.82) is 0 Å². The number of fused-ring (bicyclic) bond motifs is 10. The van der Waals surface area contributed by atoms with E-state index in [1.165, 1.54) is 20.2 Å². The Labute approximate surface area is 336 Å². The van der Waals surface area contributed by atoms with Crippen molar-refractivity contribution in [2.45, 2.75) is 0 Å². The molecule has 12 aromatic rings. The molecule has 0 amide bonds. The number of benzene rings is 8. The first-order chi connectivity index (χ1) is 28.7. The Bertz CT molecular complexity index is 3560. The second-order valence-electron chi connectivity index (χ2n) is 14.6. The van der Waals surface area contributed by atoms with Crippen LogP contribution in [0.4, 0.5) is 0 Å². The number of hydrogen-bond acceptors (Lipinski definition) is 6. The van der Waals surface area contributed by atoms with Crippen molar-refractivity contribution in [2.75, 3.05) is 0 Å². The molecular formula is C52H30N4OS. The lowest BCUT2D eigenvalue weighted by Crippen LogP contribution is -2.00. The van der Waals surface area contributed by atoms with Gasteiger partial charge in [0, 0.05) is 69.4 Å². The van der Waals surface area contributed by atoms with Gasteiger partial charge in [0.15, 0.2) is 17.5 Å². The lowest BCUT2D eigenvalue weighted by molar-refractivity contribution is 0.673. The van der Waals surface area contributed by atoms with Crippen LogP contribution < -0.4 is 0 Å². The van der Waals surface area contributed by atoms with Crippen molar-refractivity contribution in [1.82, 2.24) is 19.9 Å². The molecule has 4 heterocycles. The van der Waals surface area contributed by atoms with Gasteiger partial charge in [0.1, 0.15) is 11.2 Å². The average Bonchev–Trinajstić information content (AvgIpc) is 3.87. The Morgan fingerprint density at radius 3 is 1.71 bits per heavy atom. The largest absolute Gasteiger partial charge is 0.455 e. The number of hydrogen-bond donors (Lipinski definition) is 0. The van der Waals surface area contributed by atoms with Gasteiger partial charge in [0.25, 0.3) is 0 Å². The number of para-hydroxylation sites is 1. The van der Waals surface area contributed by atoms with Crippen molar-refractivity contribution in [3.8, 4) is 56.5 Å². The predicted molar refractivity (Wildman–Crippen MR) is 240 cm³/mol. The molecule has 0 spiro atoms. The van der Waals surface area contributed by atoms with Gasteiger partial charge in [0.2, 0.25) is 0 Å². The number of rotatable bonds is 5. The lowest BCUT2D eigenvalue weighted by Gasteiger charge is -2.10. The lowest BCUT2D eigenvalue weighted by atomic mass is 9.97. The molecule has 0 aliphatic rings. The summed E-state index contributed by atoms with van der Waals surface area (Å²) >= 11 is 1.79. The van der Waals surface area contributed by atoms with E-state index in [9.17, 15) is 0 Å². The third kappa shape index (κ3) is 5.30. The smallest absolute Gasteiger partial charge is 0.164 e. The summed E-state index contributed by atoms with van der Waals surface area (Å²) in [5.74, 6) is 1.92. The summed E-state index contributed by atoms with van der Waals surface area (Å²) < 4.78 is 9.20. The number of thiophene rings is 1. The Morgan fingerprint density at radius 1 is 0.345 bits per heavy atom. The van der Waals surface area contributed by atoms with Crippen LogP contribution in [0.1, 0.15) is 0 Å². The van der Waals surface area contributed by atoms with Crippen LogP contribution in [0, 0.1) is 0 Å². The van der Waals surface area contributed by atoms with Crippen LogP contribution in [-0.4, -0.2) is 19.9 Å². The van der Waals surface area contributed by atoms with E-state index in [0.717, 1.165) is 82.7 Å². The molecule has 0 aliphatic heterocycles. The zero-order valence-corrected chi connectivity index (χ0v) is 31.7. The van der Waals surface area contributed by atoms with E-state index in [1.807, 2.05) is 42.5 Å². The van der Waals surface area contributed by atoms with Crippen molar-refractivity contribution >= 4 is 75.1 Å². The van der Waals surface area contributed by atoms with Crippen LogP contribution >= 0.6 is 11.3 Å². The number of aromatic nitrogens is 4. The van der Waals surface area contributed by atoms with Gasteiger partial charge in [-0.1, -0.05) is 146 Å². The molecule has 0 N–H and O–H groups in total. The number of furan rings is 1. The van der Waals surface area contributed by atoms with Crippen LogP contribution in [0.15, 0.2) is 186 Å². The molecule has 6 heteroatoms. The van der Waals surface area contributed by atoms with E-state index < -0.39 is 0 Å². The van der Waals surface area contributed by atoms with E-state index in [2.05, 4.69) is 140 Å². The van der Waals surface area contributed by atoms with Gasteiger partial charge < -0.3 is 4.42 Å². The summed E-state index contributed by atoms with van der Waals surface area (Å²) in [6, 6.07) is 63.2. The van der Waals surface area contributed by atoms with E-state index in [-0.39, 0.29) is 0 Å². The van der Waals surface area contributed by atoms with Crippen LogP contribution in [0.5, 0.6) is 0 Å². The van der Waals surface area contributed by atoms with Crippen molar-refractivity contribution in [2.24, 2.45) is 0 Å². The Kier molecular flexibility index (Phi) is 7.33. The standard InChI is InChI=1S/C52H30N4OS/c1-3-11-32(12-4-1)48-41-27-26-39-42-29-35(24-28-44(42)57-49(39)47(41)40-16-7-9-17-43(40)53-48)31-19-21-34(22-20-31)51-54-50(33-13-5-2-6-14-33)55-52(56-51)36-23-25-38-37-15-8-10-18-45(37)58-46(38)30-36/h1-30H. The zero-order valence-electron chi connectivity index (χ0n) is 30.9. The summed E-state index contributed by atoms with van der Waals surface area (Å²) in [5, 5.41) is 7.91. The average molecular weight is 759 g/mol. The third-order valence-electron chi connectivity index (χ3n) is 11.1. The topological polar surface area (TPSA) is 64.7 Å². The first-order valence-electron chi connectivity index (χ1n) is 19.3. The molecule has 0 unspecified atom stereocenters. The molecule has 12 rings (SSSR count). The molecule has 0 saturated carbocycles. The summed E-state index contributed by atoms with van der Waals surface area (Å²) in [6.07, 6.45) is 0. The van der Waals surface area contributed by atoms with Gasteiger partial charge in [-0.05, 0) is 47.5 Å². The van der Waals surface area contributed by atoms with Crippen LogP contribution in [0.3, 0.4) is 0 Å². The van der Waals surface area contributed by atoms with Crippen LogP contribution in [-0.2, 0) is 0 Å². The van der Waals surface area contributed by atoms with Crippen molar-refractivity contribution in [3.63, 3.8) is 0 Å². The van der Waals surface area contributed by atoms with E-state index in [1.54, 1.807) is 11.3 Å². The minimum absolute atomic E-state index is 0.631. The Morgan fingerprint density at radius 2 is 0.914 bits per heavy atom. The highest BCUT2D eigenvalue weighted by Gasteiger charge is 2.19. The maximum absolute atomic E-state index is 6.72. The van der Waals surface area contributed by atoms with E-state index in [0.29, 0.717) is 17.5 Å². The fraction of sp³-hybridized carbons (Fsp3) is 0. The minimum atomic E-state index is 0.631. The molecule has 4 aromatic heterocycles. The number of pyridine rings is 1. The first kappa shape index (κ1) is 32.7. The quantitative estimate of drug-likeness (QED) is 0.164. The second-order valence-corrected chi connectivity index (χ2v) is 15.7. The first-order valence-corrected chi connectivity index (χ1v) is 20.1. The summed E-state index contributed by atoms with van der Waals surface area (Å²) in [5.41, 5.74) is 9.73. The molecule has 0 saturated heterocycles.